The van der Waals surface area contributed by atoms with Gasteiger partial charge in [0.15, 0.2) is 0 Å². The molecule has 0 unspecified atom stereocenters. The van der Waals surface area contributed by atoms with Crippen LogP contribution >= 0.6 is 31.9 Å². The Labute approximate surface area is 170 Å². The van der Waals surface area contributed by atoms with Gasteiger partial charge in [-0.05, 0) is 57.3 Å². The maximum atomic E-state index is 12.4. The van der Waals surface area contributed by atoms with Crippen molar-refractivity contribution in [1.29, 1.82) is 0 Å². The van der Waals surface area contributed by atoms with Crippen molar-refractivity contribution in [1.82, 2.24) is 0 Å². The van der Waals surface area contributed by atoms with Crippen molar-refractivity contribution >= 4 is 55.0 Å². The molecule has 1 rings (SSSR count). The van der Waals surface area contributed by atoms with E-state index in [9.17, 15) is 19.2 Å². The summed E-state index contributed by atoms with van der Waals surface area (Å²) >= 11 is 6.54. The third kappa shape index (κ3) is 6.43. The average Bonchev–Trinajstić information content (AvgIpc) is 2.62. The van der Waals surface area contributed by atoms with Crippen molar-refractivity contribution in [2.45, 2.75) is 52.4 Å². The number of hydrogen-bond acceptors (Lipinski definition) is 5. The smallest absolute Gasteiger partial charge is 0.277 e. The Morgan fingerprint density at radius 2 is 1.50 bits per heavy atom. The Morgan fingerprint density at radius 3 is 2.12 bits per heavy atom. The lowest BCUT2D eigenvalue weighted by atomic mass is 9.99. The number of ketones is 4. The standard InChI is InChI=1S/C19H22Br2O5/c1-3-5-6-7-8-9-15(22)18(24)19(25)17(23)12-10-13(20)14(21)11-16(12)26-4-2/h10-11H,3-9H2,1-2H3. The van der Waals surface area contributed by atoms with Gasteiger partial charge < -0.3 is 4.74 Å². The van der Waals surface area contributed by atoms with Crippen LogP contribution in [0.5, 0.6) is 5.75 Å². The predicted molar refractivity (Wildman–Crippen MR) is 106 cm³/mol. The summed E-state index contributed by atoms with van der Waals surface area (Å²) in [4.78, 5) is 48.5. The minimum absolute atomic E-state index is 0.0100. The molecule has 0 fully saturated rings. The van der Waals surface area contributed by atoms with Crippen molar-refractivity contribution in [3.05, 3.63) is 26.6 Å². The molecule has 0 aromatic heterocycles. The molecular formula is C19H22Br2O5. The zero-order valence-electron chi connectivity index (χ0n) is 14.9. The van der Waals surface area contributed by atoms with Crippen LogP contribution in [0.15, 0.2) is 21.1 Å². The normalized spacial score (nSPS) is 10.5. The van der Waals surface area contributed by atoms with Gasteiger partial charge in [0.2, 0.25) is 11.6 Å². The molecule has 0 radical (unpaired) electrons. The summed E-state index contributed by atoms with van der Waals surface area (Å²) in [5.74, 6) is -4.24. The highest BCUT2D eigenvalue weighted by atomic mass is 79.9. The van der Waals surface area contributed by atoms with Gasteiger partial charge in [-0.2, -0.15) is 0 Å². The van der Waals surface area contributed by atoms with E-state index in [1.54, 1.807) is 6.92 Å². The van der Waals surface area contributed by atoms with Crippen molar-refractivity contribution in [2.24, 2.45) is 0 Å². The zero-order valence-corrected chi connectivity index (χ0v) is 18.1. The maximum absolute atomic E-state index is 12.4. The molecule has 0 heterocycles. The fourth-order valence-corrected chi connectivity index (χ4v) is 3.00. The van der Waals surface area contributed by atoms with Crippen molar-refractivity contribution in [3.8, 4) is 5.75 Å². The Balaban J connectivity index is 2.83. The topological polar surface area (TPSA) is 77.5 Å². The quantitative estimate of drug-likeness (QED) is 0.181. The first-order chi connectivity index (χ1) is 12.3. The number of Topliss-reactive ketones (excluding diaryl/α,β-unsaturated/α-hetero) is 4. The molecule has 1 aromatic carbocycles. The molecule has 26 heavy (non-hydrogen) atoms. The molecule has 0 aliphatic carbocycles. The minimum atomic E-state index is -1.32. The lowest BCUT2D eigenvalue weighted by molar-refractivity contribution is -0.142. The van der Waals surface area contributed by atoms with Crippen LogP contribution in [0.2, 0.25) is 0 Å². The molecule has 0 aliphatic rings. The third-order valence-corrected chi connectivity index (χ3v) is 5.58. The molecular weight excluding hydrogens is 468 g/mol. The molecule has 0 amide bonds. The first kappa shape index (κ1) is 22.7. The van der Waals surface area contributed by atoms with Gasteiger partial charge in [-0.1, -0.05) is 32.6 Å². The number of ether oxygens (including phenoxy) is 1. The summed E-state index contributed by atoms with van der Waals surface area (Å²) < 4.78 is 6.54. The molecule has 0 N–H and O–H groups in total. The summed E-state index contributed by atoms with van der Waals surface area (Å²) in [6, 6.07) is 2.94. The Morgan fingerprint density at radius 1 is 0.885 bits per heavy atom. The van der Waals surface area contributed by atoms with Crippen LogP contribution in [0.1, 0.15) is 62.7 Å². The molecule has 0 saturated heterocycles. The highest BCUT2D eigenvalue weighted by Crippen LogP contribution is 2.31. The fourth-order valence-electron chi connectivity index (χ4n) is 2.34. The van der Waals surface area contributed by atoms with E-state index in [1.165, 1.54) is 12.1 Å². The van der Waals surface area contributed by atoms with Crippen LogP contribution in [0.3, 0.4) is 0 Å². The van der Waals surface area contributed by atoms with Crippen LogP contribution in [-0.2, 0) is 14.4 Å². The fraction of sp³-hybridized carbons (Fsp3) is 0.474. The van der Waals surface area contributed by atoms with Gasteiger partial charge in [0, 0.05) is 15.4 Å². The van der Waals surface area contributed by atoms with Gasteiger partial charge in [0.1, 0.15) is 5.75 Å². The van der Waals surface area contributed by atoms with Gasteiger partial charge in [0.25, 0.3) is 11.6 Å². The molecule has 0 bridgehead atoms. The zero-order chi connectivity index (χ0) is 19.7. The summed E-state index contributed by atoms with van der Waals surface area (Å²) in [5.41, 5.74) is -0.0454. The second-order valence-corrected chi connectivity index (χ2v) is 7.48. The van der Waals surface area contributed by atoms with E-state index >= 15 is 0 Å². The third-order valence-electron chi connectivity index (χ3n) is 3.74. The Bertz CT molecular complexity index is 697. The van der Waals surface area contributed by atoms with E-state index in [-0.39, 0.29) is 24.3 Å². The van der Waals surface area contributed by atoms with E-state index < -0.39 is 23.1 Å². The van der Waals surface area contributed by atoms with Gasteiger partial charge in [0.05, 0.1) is 12.2 Å². The molecule has 142 valence electrons. The van der Waals surface area contributed by atoms with Gasteiger partial charge in [-0.3, -0.25) is 19.2 Å². The number of hydrogen-bond donors (Lipinski definition) is 0. The first-order valence-corrected chi connectivity index (χ1v) is 10.2. The molecule has 0 aliphatic heterocycles. The highest BCUT2D eigenvalue weighted by Gasteiger charge is 2.31. The maximum Gasteiger partial charge on any atom is 0.277 e. The molecule has 0 spiro atoms. The number of unbranched alkanes of at least 4 members (excludes halogenated alkanes) is 4. The number of rotatable bonds is 12. The van der Waals surface area contributed by atoms with Crippen molar-refractivity contribution in [2.75, 3.05) is 6.61 Å². The van der Waals surface area contributed by atoms with Crippen LogP contribution in [-0.4, -0.2) is 29.7 Å². The van der Waals surface area contributed by atoms with Crippen molar-refractivity contribution < 1.29 is 23.9 Å². The summed E-state index contributed by atoms with van der Waals surface area (Å²) in [7, 11) is 0. The van der Waals surface area contributed by atoms with Crippen molar-refractivity contribution in [3.63, 3.8) is 0 Å². The average molecular weight is 490 g/mol. The van der Waals surface area contributed by atoms with E-state index in [2.05, 4.69) is 38.8 Å². The minimum Gasteiger partial charge on any atom is -0.493 e. The second kappa shape index (κ2) is 11.4. The van der Waals surface area contributed by atoms with Crippen LogP contribution < -0.4 is 4.74 Å². The van der Waals surface area contributed by atoms with Crippen LogP contribution in [0, 0.1) is 0 Å². The molecule has 7 heteroatoms. The van der Waals surface area contributed by atoms with Gasteiger partial charge >= 0.3 is 0 Å². The highest BCUT2D eigenvalue weighted by molar-refractivity contribution is 9.13. The monoisotopic (exact) mass is 488 g/mol. The van der Waals surface area contributed by atoms with E-state index in [0.29, 0.717) is 15.4 Å². The molecule has 0 atom stereocenters. The summed E-state index contributed by atoms with van der Waals surface area (Å²) in [6.45, 7) is 4.10. The van der Waals surface area contributed by atoms with E-state index in [0.717, 1.165) is 25.7 Å². The number of halogens is 2. The largest absolute Gasteiger partial charge is 0.493 e. The molecule has 0 saturated carbocycles. The number of carbonyl (C=O) groups excluding carboxylic acids is 4. The first-order valence-electron chi connectivity index (χ1n) is 8.61. The van der Waals surface area contributed by atoms with Crippen LogP contribution in [0.4, 0.5) is 0 Å². The van der Waals surface area contributed by atoms with E-state index in [1.807, 2.05) is 0 Å². The number of benzene rings is 1. The molecule has 1 aromatic rings. The van der Waals surface area contributed by atoms with Gasteiger partial charge in [-0.25, -0.2) is 0 Å². The predicted octanol–water partition coefficient (Wildman–Crippen LogP) is 4.86. The molecule has 5 nitrogen and oxygen atoms in total. The summed E-state index contributed by atoms with van der Waals surface area (Å²) in [6.07, 6.45) is 4.48. The second-order valence-electron chi connectivity index (χ2n) is 5.77. The number of carbonyl (C=O) groups is 4. The Hall–Kier alpha value is -1.34. The van der Waals surface area contributed by atoms with E-state index in [4.69, 9.17) is 4.74 Å². The SMILES string of the molecule is CCCCCCCC(=O)C(=O)C(=O)C(=O)c1cc(Br)c(Br)cc1OCC. The summed E-state index contributed by atoms with van der Waals surface area (Å²) in [5, 5.41) is 0. The van der Waals surface area contributed by atoms with Gasteiger partial charge in [-0.15, -0.1) is 0 Å². The Kier molecular flexibility index (Phi) is 9.94. The lowest BCUT2D eigenvalue weighted by Gasteiger charge is -2.10. The lowest BCUT2D eigenvalue weighted by Crippen LogP contribution is -2.30. The van der Waals surface area contributed by atoms with Crippen LogP contribution in [0.25, 0.3) is 0 Å².